The summed E-state index contributed by atoms with van der Waals surface area (Å²) in [5.74, 6) is -0.336. The minimum absolute atomic E-state index is 0.271. The van der Waals surface area contributed by atoms with Gasteiger partial charge in [0.2, 0.25) is 0 Å². The molecule has 0 aliphatic rings. The van der Waals surface area contributed by atoms with E-state index in [-0.39, 0.29) is 10.6 Å². The second kappa shape index (κ2) is 6.00. The third kappa shape index (κ3) is 3.01. The lowest BCUT2D eigenvalue weighted by Crippen LogP contribution is -1.96. The van der Waals surface area contributed by atoms with E-state index in [2.05, 4.69) is 21.0 Å². The Labute approximate surface area is 135 Å². The Morgan fingerprint density at radius 3 is 2.62 bits per heavy atom. The molecule has 106 valence electrons. The maximum Gasteiger partial charge on any atom is 0.129 e. The van der Waals surface area contributed by atoms with Gasteiger partial charge in [-0.05, 0) is 24.3 Å². The van der Waals surface area contributed by atoms with E-state index in [1.165, 1.54) is 6.07 Å². The first kappa shape index (κ1) is 14.3. The molecule has 2 aromatic carbocycles. The molecule has 3 rings (SSSR count). The topological polar surface area (TPSA) is 17.8 Å². The van der Waals surface area contributed by atoms with Crippen molar-refractivity contribution in [3.05, 3.63) is 82.9 Å². The van der Waals surface area contributed by atoms with E-state index in [1.807, 2.05) is 36.5 Å². The molecule has 0 saturated carbocycles. The summed E-state index contributed by atoms with van der Waals surface area (Å²) in [5, 5.41) is 4.70. The standard InChI is InChI=1S/C16H11BrClFN2/c17-16(14-7-6-12(18)8-15(14)19)11-9-20-21(10-11)13-4-2-1-3-5-13/h1-10,16H. The molecule has 0 aliphatic carbocycles. The molecule has 0 bridgehead atoms. The van der Waals surface area contributed by atoms with Crippen molar-refractivity contribution in [3.63, 3.8) is 0 Å². The largest absolute Gasteiger partial charge is 0.241 e. The Kier molecular flexibility index (Phi) is 4.08. The summed E-state index contributed by atoms with van der Waals surface area (Å²) in [6.45, 7) is 0. The molecular formula is C16H11BrClFN2. The molecule has 1 atom stereocenters. The summed E-state index contributed by atoms with van der Waals surface area (Å²) in [5.41, 5.74) is 2.37. The minimum Gasteiger partial charge on any atom is -0.241 e. The van der Waals surface area contributed by atoms with Gasteiger partial charge in [-0.15, -0.1) is 0 Å². The van der Waals surface area contributed by atoms with Crippen molar-refractivity contribution in [3.8, 4) is 5.69 Å². The predicted octanol–water partition coefficient (Wildman–Crippen LogP) is 5.15. The van der Waals surface area contributed by atoms with Gasteiger partial charge in [0.15, 0.2) is 0 Å². The number of para-hydroxylation sites is 1. The minimum atomic E-state index is -0.336. The van der Waals surface area contributed by atoms with Gasteiger partial charge in [-0.2, -0.15) is 5.10 Å². The predicted molar refractivity (Wildman–Crippen MR) is 85.7 cm³/mol. The molecule has 2 nitrogen and oxygen atoms in total. The summed E-state index contributed by atoms with van der Waals surface area (Å²) in [6, 6.07) is 14.4. The van der Waals surface area contributed by atoms with Crippen molar-refractivity contribution >= 4 is 27.5 Å². The quantitative estimate of drug-likeness (QED) is 0.587. The molecule has 0 fully saturated rings. The lowest BCUT2D eigenvalue weighted by molar-refractivity contribution is 0.613. The normalized spacial score (nSPS) is 12.3. The van der Waals surface area contributed by atoms with Crippen molar-refractivity contribution < 1.29 is 4.39 Å². The number of alkyl halides is 1. The molecule has 5 heteroatoms. The maximum absolute atomic E-state index is 14.0. The molecule has 0 aliphatic heterocycles. The zero-order valence-corrected chi connectivity index (χ0v) is 13.2. The van der Waals surface area contributed by atoms with Gasteiger partial charge < -0.3 is 0 Å². The van der Waals surface area contributed by atoms with Gasteiger partial charge in [0, 0.05) is 22.3 Å². The van der Waals surface area contributed by atoms with Crippen LogP contribution >= 0.6 is 27.5 Å². The zero-order valence-electron chi connectivity index (χ0n) is 10.9. The fourth-order valence-electron chi connectivity index (χ4n) is 2.08. The van der Waals surface area contributed by atoms with E-state index in [1.54, 1.807) is 23.0 Å². The summed E-state index contributed by atoms with van der Waals surface area (Å²) >= 11 is 9.30. The van der Waals surface area contributed by atoms with Crippen molar-refractivity contribution in [2.45, 2.75) is 4.83 Å². The Morgan fingerprint density at radius 2 is 1.90 bits per heavy atom. The molecule has 1 heterocycles. The zero-order chi connectivity index (χ0) is 14.8. The number of nitrogens with zero attached hydrogens (tertiary/aromatic N) is 2. The number of hydrogen-bond donors (Lipinski definition) is 0. The fourth-order valence-corrected chi connectivity index (χ4v) is 2.84. The van der Waals surface area contributed by atoms with Crippen LogP contribution < -0.4 is 0 Å². The first-order chi connectivity index (χ1) is 10.1. The van der Waals surface area contributed by atoms with Crippen LogP contribution in [0.3, 0.4) is 0 Å². The van der Waals surface area contributed by atoms with E-state index in [9.17, 15) is 4.39 Å². The molecule has 3 aromatic rings. The highest BCUT2D eigenvalue weighted by Gasteiger charge is 2.17. The van der Waals surface area contributed by atoms with Gasteiger partial charge in [-0.3, -0.25) is 0 Å². The Bertz CT molecular complexity index is 758. The fraction of sp³-hybridized carbons (Fsp3) is 0.0625. The summed E-state index contributed by atoms with van der Waals surface area (Å²) in [6.07, 6.45) is 3.60. The third-order valence-electron chi connectivity index (χ3n) is 3.15. The van der Waals surface area contributed by atoms with Crippen LogP contribution in [0.1, 0.15) is 16.0 Å². The van der Waals surface area contributed by atoms with Gasteiger partial charge >= 0.3 is 0 Å². The second-order valence-electron chi connectivity index (χ2n) is 4.58. The van der Waals surface area contributed by atoms with Gasteiger partial charge in [0.25, 0.3) is 0 Å². The molecule has 21 heavy (non-hydrogen) atoms. The van der Waals surface area contributed by atoms with Gasteiger partial charge in [0.05, 0.1) is 16.7 Å². The van der Waals surface area contributed by atoms with E-state index in [0.29, 0.717) is 10.6 Å². The average Bonchev–Trinajstić information content (AvgIpc) is 2.97. The number of benzene rings is 2. The summed E-state index contributed by atoms with van der Waals surface area (Å²) in [7, 11) is 0. The molecule has 0 amide bonds. The second-order valence-corrected chi connectivity index (χ2v) is 5.93. The van der Waals surface area contributed by atoms with Crippen molar-refractivity contribution in [2.24, 2.45) is 0 Å². The van der Waals surface area contributed by atoms with Gasteiger partial charge in [-0.25, -0.2) is 9.07 Å². The number of hydrogen-bond acceptors (Lipinski definition) is 1. The van der Waals surface area contributed by atoms with Crippen LogP contribution in [0.5, 0.6) is 0 Å². The molecule has 1 unspecified atom stereocenters. The maximum atomic E-state index is 14.0. The highest BCUT2D eigenvalue weighted by molar-refractivity contribution is 9.09. The van der Waals surface area contributed by atoms with Crippen LogP contribution in [-0.2, 0) is 0 Å². The molecule has 1 aromatic heterocycles. The summed E-state index contributed by atoms with van der Waals surface area (Å²) < 4.78 is 15.7. The van der Waals surface area contributed by atoms with Crippen LogP contribution in [0.4, 0.5) is 4.39 Å². The monoisotopic (exact) mass is 364 g/mol. The Balaban J connectivity index is 1.92. The van der Waals surface area contributed by atoms with Gasteiger partial charge in [-0.1, -0.05) is 51.8 Å². The highest BCUT2D eigenvalue weighted by atomic mass is 79.9. The molecule has 0 radical (unpaired) electrons. The molecule has 0 saturated heterocycles. The van der Waals surface area contributed by atoms with Crippen molar-refractivity contribution in [1.29, 1.82) is 0 Å². The van der Waals surface area contributed by atoms with Crippen LogP contribution in [0.25, 0.3) is 5.69 Å². The van der Waals surface area contributed by atoms with Crippen LogP contribution in [0, 0.1) is 5.82 Å². The third-order valence-corrected chi connectivity index (χ3v) is 4.41. The van der Waals surface area contributed by atoms with E-state index >= 15 is 0 Å². The molecular weight excluding hydrogens is 355 g/mol. The SMILES string of the molecule is Fc1cc(Cl)ccc1C(Br)c1cnn(-c2ccccc2)c1. The first-order valence-electron chi connectivity index (χ1n) is 6.34. The lowest BCUT2D eigenvalue weighted by Gasteiger charge is -2.09. The van der Waals surface area contributed by atoms with Crippen LogP contribution in [0.15, 0.2) is 60.9 Å². The van der Waals surface area contributed by atoms with Crippen molar-refractivity contribution in [1.82, 2.24) is 9.78 Å². The van der Waals surface area contributed by atoms with E-state index in [0.717, 1.165) is 11.3 Å². The van der Waals surface area contributed by atoms with E-state index < -0.39 is 0 Å². The van der Waals surface area contributed by atoms with Crippen molar-refractivity contribution in [2.75, 3.05) is 0 Å². The Morgan fingerprint density at radius 1 is 1.14 bits per heavy atom. The molecule has 0 N–H and O–H groups in total. The molecule has 0 spiro atoms. The van der Waals surface area contributed by atoms with E-state index in [4.69, 9.17) is 11.6 Å². The average molecular weight is 366 g/mol. The number of halogens is 3. The Hall–Kier alpha value is -1.65. The summed E-state index contributed by atoms with van der Waals surface area (Å²) in [4.78, 5) is -0.271. The first-order valence-corrected chi connectivity index (χ1v) is 7.63. The van der Waals surface area contributed by atoms with Crippen LogP contribution in [0.2, 0.25) is 5.02 Å². The highest BCUT2D eigenvalue weighted by Crippen LogP contribution is 2.33. The number of rotatable bonds is 3. The lowest BCUT2D eigenvalue weighted by atomic mass is 10.1. The van der Waals surface area contributed by atoms with Crippen LogP contribution in [-0.4, -0.2) is 9.78 Å². The van der Waals surface area contributed by atoms with Gasteiger partial charge in [0.1, 0.15) is 5.82 Å². The smallest absolute Gasteiger partial charge is 0.129 e. The number of aromatic nitrogens is 2.